The van der Waals surface area contributed by atoms with E-state index < -0.39 is 11.7 Å². The maximum absolute atomic E-state index is 12.8. The van der Waals surface area contributed by atoms with E-state index in [1.54, 1.807) is 29.2 Å². The highest BCUT2D eigenvalue weighted by atomic mass is 19.4. The second-order valence-corrected chi connectivity index (χ2v) is 7.31. The molecule has 2 amide bonds. The average molecular weight is 436 g/mol. The minimum absolute atomic E-state index is 0.0834. The van der Waals surface area contributed by atoms with Gasteiger partial charge < -0.3 is 19.6 Å². The lowest BCUT2D eigenvalue weighted by molar-refractivity contribution is -0.137. The molecule has 6 nitrogen and oxygen atoms in total. The van der Waals surface area contributed by atoms with Crippen molar-refractivity contribution in [3.63, 3.8) is 0 Å². The maximum atomic E-state index is 12.8. The van der Waals surface area contributed by atoms with Gasteiger partial charge in [0.2, 0.25) is 5.91 Å². The van der Waals surface area contributed by atoms with Crippen molar-refractivity contribution < 1.29 is 32.6 Å². The number of carbonyl (C=O) groups is 2. The van der Waals surface area contributed by atoms with Gasteiger partial charge in [0.1, 0.15) is 5.75 Å². The summed E-state index contributed by atoms with van der Waals surface area (Å²) in [6, 6.07) is 10.8. The molecule has 31 heavy (non-hydrogen) atoms. The molecule has 0 bridgehead atoms. The van der Waals surface area contributed by atoms with Crippen LogP contribution < -0.4 is 9.64 Å². The Morgan fingerprint density at radius 3 is 2.32 bits per heavy atom. The average Bonchev–Trinajstić information content (AvgIpc) is 3.21. The largest absolute Gasteiger partial charge is 0.484 e. The lowest BCUT2D eigenvalue weighted by Crippen LogP contribution is -2.42. The number of amides is 2. The van der Waals surface area contributed by atoms with Gasteiger partial charge in [0.05, 0.1) is 18.2 Å². The van der Waals surface area contributed by atoms with Gasteiger partial charge >= 0.3 is 6.18 Å². The molecule has 0 aromatic heterocycles. The number of benzene rings is 2. The molecule has 0 radical (unpaired) electrons. The topological polar surface area (TPSA) is 70.1 Å². The van der Waals surface area contributed by atoms with Crippen molar-refractivity contribution in [1.29, 1.82) is 0 Å². The number of likely N-dealkylation sites (tertiary alicyclic amines) is 1. The molecule has 0 saturated carbocycles. The summed E-state index contributed by atoms with van der Waals surface area (Å²) in [7, 11) is 0. The van der Waals surface area contributed by atoms with E-state index in [0.717, 1.165) is 17.7 Å². The zero-order valence-corrected chi connectivity index (χ0v) is 16.9. The van der Waals surface area contributed by atoms with Gasteiger partial charge in [-0.25, -0.2) is 0 Å². The minimum Gasteiger partial charge on any atom is -0.484 e. The molecule has 1 N–H and O–H groups in total. The predicted molar refractivity (Wildman–Crippen MR) is 107 cm³/mol. The minimum atomic E-state index is -4.45. The molecule has 1 aliphatic heterocycles. The molecule has 1 unspecified atom stereocenters. The van der Waals surface area contributed by atoms with E-state index in [1.807, 2.05) is 0 Å². The molecular weight excluding hydrogens is 413 g/mol. The number of anilines is 1. The molecule has 9 heteroatoms. The zero-order valence-electron chi connectivity index (χ0n) is 16.9. The molecule has 1 atom stereocenters. The molecule has 1 saturated heterocycles. The number of ether oxygens (including phenoxy) is 1. The SMILES string of the molecule is CC(=O)N(c1ccc(C(F)(F)F)cc1)C1CCN(C(=O)COc2ccc(CO)cc2)C1. The number of aliphatic hydroxyl groups excluding tert-OH is 1. The summed E-state index contributed by atoms with van der Waals surface area (Å²) in [5.74, 6) is -0.0552. The molecule has 0 aliphatic carbocycles. The monoisotopic (exact) mass is 436 g/mol. The van der Waals surface area contributed by atoms with E-state index in [1.165, 1.54) is 24.0 Å². The molecule has 2 aromatic rings. The third-order valence-electron chi connectivity index (χ3n) is 5.16. The van der Waals surface area contributed by atoms with Crippen LogP contribution in [0.15, 0.2) is 48.5 Å². The molecule has 0 spiro atoms. The third kappa shape index (κ3) is 5.55. The Labute approximate surface area is 177 Å². The number of carbonyl (C=O) groups excluding carboxylic acids is 2. The first kappa shape index (κ1) is 22.6. The van der Waals surface area contributed by atoms with Crippen molar-refractivity contribution in [3.05, 3.63) is 59.7 Å². The number of alkyl halides is 3. The first-order valence-electron chi connectivity index (χ1n) is 9.76. The number of hydrogen-bond donors (Lipinski definition) is 1. The van der Waals surface area contributed by atoms with E-state index in [2.05, 4.69) is 0 Å². The number of hydrogen-bond acceptors (Lipinski definition) is 4. The smallest absolute Gasteiger partial charge is 0.416 e. The summed E-state index contributed by atoms with van der Waals surface area (Å²) in [6.45, 7) is 1.78. The van der Waals surface area contributed by atoms with Crippen LogP contribution in [0.3, 0.4) is 0 Å². The van der Waals surface area contributed by atoms with Crippen LogP contribution in [-0.4, -0.2) is 47.6 Å². The van der Waals surface area contributed by atoms with E-state index >= 15 is 0 Å². The quantitative estimate of drug-likeness (QED) is 0.755. The first-order chi connectivity index (χ1) is 14.7. The Bertz CT molecular complexity index is 914. The van der Waals surface area contributed by atoms with Crippen LogP contribution in [0.4, 0.5) is 18.9 Å². The number of nitrogens with zero attached hydrogens (tertiary/aromatic N) is 2. The van der Waals surface area contributed by atoms with Gasteiger partial charge in [0.15, 0.2) is 6.61 Å². The van der Waals surface area contributed by atoms with Crippen LogP contribution >= 0.6 is 0 Å². The van der Waals surface area contributed by atoms with Crippen LogP contribution in [-0.2, 0) is 22.4 Å². The Morgan fingerprint density at radius 1 is 1.13 bits per heavy atom. The second kappa shape index (κ2) is 9.38. The van der Waals surface area contributed by atoms with Gasteiger partial charge in [-0.15, -0.1) is 0 Å². The van der Waals surface area contributed by atoms with Crippen LogP contribution in [0.2, 0.25) is 0 Å². The van der Waals surface area contributed by atoms with Gasteiger partial charge in [-0.05, 0) is 48.4 Å². The Balaban J connectivity index is 1.61. The number of halogens is 3. The number of rotatable bonds is 6. The fourth-order valence-corrected chi connectivity index (χ4v) is 3.57. The lowest BCUT2D eigenvalue weighted by atomic mass is 10.1. The molecule has 3 rings (SSSR count). The molecular formula is C22H23F3N2O4. The van der Waals surface area contributed by atoms with Crippen molar-refractivity contribution in [3.8, 4) is 5.75 Å². The van der Waals surface area contributed by atoms with Crippen LogP contribution in [0.1, 0.15) is 24.5 Å². The molecule has 1 heterocycles. The van der Waals surface area contributed by atoms with Gasteiger partial charge in [0, 0.05) is 25.7 Å². The molecule has 2 aromatic carbocycles. The van der Waals surface area contributed by atoms with E-state index in [4.69, 9.17) is 9.84 Å². The molecule has 1 aliphatic rings. The fraction of sp³-hybridized carbons (Fsp3) is 0.364. The standard InChI is InChI=1S/C22H23F3N2O4/c1-15(29)27(18-6-4-17(5-7-18)22(23,24)25)19-10-11-26(12-19)21(30)14-31-20-8-2-16(13-28)3-9-20/h2-9,19,28H,10-14H2,1H3. The van der Waals surface area contributed by atoms with Crippen molar-refractivity contribution in [2.24, 2.45) is 0 Å². The Morgan fingerprint density at radius 2 is 1.77 bits per heavy atom. The highest BCUT2D eigenvalue weighted by molar-refractivity contribution is 5.92. The van der Waals surface area contributed by atoms with Crippen LogP contribution in [0.5, 0.6) is 5.75 Å². The summed E-state index contributed by atoms with van der Waals surface area (Å²) in [5, 5.41) is 9.05. The van der Waals surface area contributed by atoms with Crippen molar-refractivity contribution >= 4 is 17.5 Å². The lowest BCUT2D eigenvalue weighted by Gasteiger charge is -2.28. The summed E-state index contributed by atoms with van der Waals surface area (Å²) < 4.78 is 43.9. The van der Waals surface area contributed by atoms with Gasteiger partial charge in [-0.1, -0.05) is 12.1 Å². The van der Waals surface area contributed by atoms with E-state index in [0.29, 0.717) is 24.4 Å². The molecule has 166 valence electrons. The van der Waals surface area contributed by atoms with Gasteiger partial charge in [-0.3, -0.25) is 9.59 Å². The predicted octanol–water partition coefficient (Wildman–Crippen LogP) is 3.23. The fourth-order valence-electron chi connectivity index (χ4n) is 3.57. The van der Waals surface area contributed by atoms with Gasteiger partial charge in [-0.2, -0.15) is 13.2 Å². The highest BCUT2D eigenvalue weighted by Gasteiger charge is 2.34. The zero-order chi connectivity index (χ0) is 22.6. The second-order valence-electron chi connectivity index (χ2n) is 7.31. The van der Waals surface area contributed by atoms with Crippen molar-refractivity contribution in [2.75, 3.05) is 24.6 Å². The number of aliphatic hydroxyl groups is 1. The molecule has 1 fully saturated rings. The summed E-state index contributed by atoms with van der Waals surface area (Å²) in [6.07, 6.45) is -3.94. The first-order valence-corrected chi connectivity index (χ1v) is 9.76. The normalized spacial score (nSPS) is 16.3. The van der Waals surface area contributed by atoms with Crippen molar-refractivity contribution in [1.82, 2.24) is 4.90 Å². The summed E-state index contributed by atoms with van der Waals surface area (Å²) >= 11 is 0. The third-order valence-corrected chi connectivity index (χ3v) is 5.16. The van der Waals surface area contributed by atoms with Crippen LogP contribution in [0, 0.1) is 0 Å². The van der Waals surface area contributed by atoms with Gasteiger partial charge in [0.25, 0.3) is 5.91 Å². The van der Waals surface area contributed by atoms with E-state index in [-0.39, 0.29) is 37.6 Å². The van der Waals surface area contributed by atoms with Crippen LogP contribution in [0.25, 0.3) is 0 Å². The summed E-state index contributed by atoms with van der Waals surface area (Å²) in [4.78, 5) is 27.7. The Kier molecular flexibility index (Phi) is 6.84. The summed E-state index contributed by atoms with van der Waals surface area (Å²) in [5.41, 5.74) is 0.306. The maximum Gasteiger partial charge on any atom is 0.416 e. The Hall–Kier alpha value is -3.07. The highest BCUT2D eigenvalue weighted by Crippen LogP contribution is 2.31. The van der Waals surface area contributed by atoms with Crippen molar-refractivity contribution in [2.45, 2.75) is 32.2 Å². The van der Waals surface area contributed by atoms with E-state index in [9.17, 15) is 22.8 Å².